The lowest BCUT2D eigenvalue weighted by atomic mass is 9.44. The Morgan fingerprint density at radius 2 is 1.39 bits per heavy atom. The summed E-state index contributed by atoms with van der Waals surface area (Å²) < 4.78 is 37.4. The summed E-state index contributed by atoms with van der Waals surface area (Å²) in [4.78, 5) is 85.3. The Labute approximate surface area is 384 Å². The number of hydrogen-bond acceptors (Lipinski definition) is 14. The van der Waals surface area contributed by atoms with E-state index in [9.17, 15) is 29.4 Å². The molecule has 1 aliphatic heterocycles. The molecule has 352 valence electrons. The second-order valence-corrected chi connectivity index (χ2v) is 19.6. The molecule has 1 unspecified atom stereocenters. The predicted octanol–water partition coefficient (Wildman–Crippen LogP) is 5.56. The van der Waals surface area contributed by atoms with Crippen molar-refractivity contribution in [1.29, 1.82) is 0 Å². The van der Waals surface area contributed by atoms with Gasteiger partial charge in [-0.1, -0.05) is 80.6 Å². The van der Waals surface area contributed by atoms with Crippen molar-refractivity contribution in [1.82, 2.24) is 5.32 Å². The van der Waals surface area contributed by atoms with E-state index in [4.69, 9.17) is 28.4 Å². The largest absolute Gasteiger partial charge is 0.456 e. The zero-order valence-corrected chi connectivity index (χ0v) is 38.7. The van der Waals surface area contributed by atoms with Gasteiger partial charge in [-0.05, 0) is 75.6 Å². The fraction of sp³-hybridized carbons (Fsp3) is 0.490. The summed E-state index contributed by atoms with van der Waals surface area (Å²) >= 11 is 0. The fourth-order valence-corrected chi connectivity index (χ4v) is 10.7. The lowest BCUT2D eigenvalue weighted by molar-refractivity contribution is -0.346. The zero-order valence-electron chi connectivity index (χ0n) is 38.7. The number of fused-ring (bicyclic) bond motifs is 5. The van der Waals surface area contributed by atoms with Crippen LogP contribution in [0.5, 0.6) is 0 Å². The second kappa shape index (κ2) is 17.8. The van der Waals surface area contributed by atoms with Crippen molar-refractivity contribution in [3.05, 3.63) is 119 Å². The maximum atomic E-state index is 15.7. The number of carbonyl (C=O) groups excluding carboxylic acids is 6. The number of amides is 1. The molecule has 11 atom stereocenters. The number of ketones is 1. The minimum Gasteiger partial charge on any atom is -0.456 e. The Kier molecular flexibility index (Phi) is 13.0. The minimum absolute atomic E-state index is 0.0423. The second-order valence-electron chi connectivity index (χ2n) is 19.6. The van der Waals surface area contributed by atoms with Crippen molar-refractivity contribution in [2.45, 2.75) is 135 Å². The molecule has 4 aliphatic rings. The third-order valence-corrected chi connectivity index (χ3v) is 13.9. The van der Waals surface area contributed by atoms with Crippen LogP contribution in [0.4, 0.5) is 0 Å². The number of nitrogens with one attached hydrogen (secondary N) is 1. The van der Waals surface area contributed by atoms with Gasteiger partial charge in [0.2, 0.25) is 0 Å². The van der Waals surface area contributed by atoms with Crippen molar-refractivity contribution < 1.29 is 67.4 Å². The monoisotopic (exact) mass is 909 g/mol. The van der Waals surface area contributed by atoms with Crippen LogP contribution >= 0.6 is 0 Å². The van der Waals surface area contributed by atoms with Gasteiger partial charge in [-0.2, -0.15) is 0 Å². The third kappa shape index (κ3) is 8.46. The van der Waals surface area contributed by atoms with Crippen LogP contribution in [0.2, 0.25) is 0 Å². The summed E-state index contributed by atoms with van der Waals surface area (Å²) in [5, 5.41) is 29.0. The molecule has 0 radical (unpaired) electrons. The van der Waals surface area contributed by atoms with Crippen LogP contribution < -0.4 is 5.32 Å². The van der Waals surface area contributed by atoms with E-state index in [-0.39, 0.29) is 29.7 Å². The Balaban J connectivity index is 1.43. The number of Topliss-reactive ketones (excluding diaryl/α,β-unsaturated/α-hetero) is 1. The lowest BCUT2D eigenvalue weighted by Crippen LogP contribution is -2.82. The molecule has 15 nitrogen and oxygen atoms in total. The number of esters is 4. The number of carbonyl (C=O) groups is 6. The van der Waals surface area contributed by atoms with E-state index < -0.39 is 118 Å². The molecule has 7 rings (SSSR count). The molecule has 3 aliphatic carbocycles. The van der Waals surface area contributed by atoms with Crippen LogP contribution in [0, 0.1) is 16.7 Å². The van der Waals surface area contributed by atoms with Crippen LogP contribution in [-0.4, -0.2) is 106 Å². The van der Waals surface area contributed by atoms with Gasteiger partial charge >= 0.3 is 23.9 Å². The van der Waals surface area contributed by atoms with E-state index in [0.717, 1.165) is 6.92 Å². The first-order valence-electron chi connectivity index (χ1n) is 22.2. The zero-order chi connectivity index (χ0) is 48.1. The van der Waals surface area contributed by atoms with E-state index in [1.54, 1.807) is 120 Å². The highest BCUT2D eigenvalue weighted by molar-refractivity contribution is 5.96. The van der Waals surface area contributed by atoms with Crippen molar-refractivity contribution in [3.8, 4) is 0 Å². The molecule has 3 aromatic carbocycles. The summed E-state index contributed by atoms with van der Waals surface area (Å²) in [7, 11) is 0. The van der Waals surface area contributed by atoms with Gasteiger partial charge in [-0.3, -0.25) is 19.2 Å². The molecule has 15 heteroatoms. The van der Waals surface area contributed by atoms with Crippen molar-refractivity contribution in [2.24, 2.45) is 16.7 Å². The Hall–Kier alpha value is -5.74. The number of aliphatic hydroxyl groups excluding tert-OH is 1. The number of aliphatic hydroxyl groups is 2. The van der Waals surface area contributed by atoms with Gasteiger partial charge in [0.1, 0.15) is 23.9 Å². The highest BCUT2D eigenvalue weighted by Gasteiger charge is 2.78. The summed E-state index contributed by atoms with van der Waals surface area (Å²) in [6, 6.07) is 24.0. The van der Waals surface area contributed by atoms with Crippen molar-refractivity contribution in [3.63, 3.8) is 0 Å². The molecule has 0 aromatic heterocycles. The molecule has 66 heavy (non-hydrogen) atoms. The predicted molar refractivity (Wildman–Crippen MR) is 236 cm³/mol. The van der Waals surface area contributed by atoms with Crippen molar-refractivity contribution in [2.75, 3.05) is 6.61 Å². The first kappa shape index (κ1) is 48.2. The number of benzene rings is 3. The van der Waals surface area contributed by atoms with Gasteiger partial charge in [0, 0.05) is 37.7 Å². The molecule has 1 saturated heterocycles. The van der Waals surface area contributed by atoms with Crippen LogP contribution in [0.15, 0.2) is 102 Å². The van der Waals surface area contributed by atoms with Gasteiger partial charge in [0.25, 0.3) is 5.91 Å². The van der Waals surface area contributed by atoms with Gasteiger partial charge in [-0.15, -0.1) is 0 Å². The molecular formula is C51H59NO14. The average molecular weight is 910 g/mol. The topological polar surface area (TPSA) is 210 Å². The van der Waals surface area contributed by atoms with Crippen LogP contribution in [0.1, 0.15) is 107 Å². The average Bonchev–Trinajstić information content (AvgIpc) is 3.26. The van der Waals surface area contributed by atoms with E-state index in [1.807, 2.05) is 0 Å². The number of rotatable bonds is 11. The number of hydrogen-bond donors (Lipinski definition) is 3. The van der Waals surface area contributed by atoms with Gasteiger partial charge in [0.15, 0.2) is 23.6 Å². The van der Waals surface area contributed by atoms with Gasteiger partial charge in [0.05, 0.1) is 41.3 Å². The van der Waals surface area contributed by atoms with E-state index in [0.29, 0.717) is 11.1 Å². The lowest BCUT2D eigenvalue weighted by Gasteiger charge is -2.67. The maximum absolute atomic E-state index is 15.7. The Bertz CT molecular complexity index is 2400. The Morgan fingerprint density at radius 1 is 0.818 bits per heavy atom. The summed E-state index contributed by atoms with van der Waals surface area (Å²) in [5.41, 5.74) is -7.63. The smallest absolute Gasteiger partial charge is 0.338 e. The summed E-state index contributed by atoms with van der Waals surface area (Å²) in [5.74, 6) is -6.39. The maximum Gasteiger partial charge on any atom is 0.338 e. The molecule has 2 bridgehead atoms. The molecule has 3 N–H and O–H groups in total. The first-order chi connectivity index (χ1) is 31.0. The SMILES string of the molecule is CC(=O)O[C@H]1C(=O)[C@@]2(C)C([C@H](OC(=O)c3ccccc3)[C@]3(O)C[C@H](OC(=O)[C@H](OC(C)(C)C)[C@@H](NC(=O)c4ccccc4)c4ccccc4)C(C)=C1C3(C)C)[C@]1(OC(C)=O)CO[C@@H]1C[C@@H]2O. The highest BCUT2D eigenvalue weighted by Crippen LogP contribution is 2.64. The van der Waals surface area contributed by atoms with E-state index in [2.05, 4.69) is 5.32 Å². The van der Waals surface area contributed by atoms with Crippen LogP contribution in [0.3, 0.4) is 0 Å². The molecule has 0 spiro atoms. The normalized spacial score (nSPS) is 30.9. The first-order valence-corrected chi connectivity index (χ1v) is 22.2. The van der Waals surface area contributed by atoms with Crippen molar-refractivity contribution >= 4 is 35.6 Å². The molecule has 3 fully saturated rings. The molecular weight excluding hydrogens is 851 g/mol. The van der Waals surface area contributed by atoms with E-state index >= 15 is 9.59 Å². The molecule has 1 heterocycles. The van der Waals surface area contributed by atoms with Crippen LogP contribution in [0.25, 0.3) is 0 Å². The Morgan fingerprint density at radius 3 is 1.92 bits per heavy atom. The van der Waals surface area contributed by atoms with Gasteiger partial charge < -0.3 is 44.0 Å². The molecule has 2 saturated carbocycles. The highest BCUT2D eigenvalue weighted by atomic mass is 16.6. The standard InChI is InChI=1S/C51H59NO14/c1-28-34(63-46(59)40(66-47(4,5)6)38(31-19-13-10-14-20-31)52-44(57)32-21-15-11-16-22-32)26-51(60)43(64-45(58)33-23-17-12-18-24-33)41-49(9,35(55)25-36-50(41,27-61-36)65-30(3)54)42(56)39(62-29(2)53)37(28)48(51,7)8/h10-24,34-36,38-41,43,55,60H,25-27H2,1-9H3,(H,52,57)/t34-,35-,36+,38-,39+,40+,41?,43-,49+,50-,51+/m0/s1. The van der Waals surface area contributed by atoms with Gasteiger partial charge in [-0.25, -0.2) is 9.59 Å². The quantitative estimate of drug-likeness (QED) is 0.122. The number of ether oxygens (including phenoxy) is 6. The molecule has 3 aromatic rings. The fourth-order valence-electron chi connectivity index (χ4n) is 10.7. The van der Waals surface area contributed by atoms with E-state index in [1.165, 1.54) is 26.0 Å². The minimum atomic E-state index is -2.37. The summed E-state index contributed by atoms with van der Waals surface area (Å²) in [6.45, 7) is 13.4. The van der Waals surface area contributed by atoms with Crippen LogP contribution in [-0.2, 0) is 47.6 Å². The third-order valence-electron chi connectivity index (χ3n) is 13.9. The molecule has 1 amide bonds. The summed E-state index contributed by atoms with van der Waals surface area (Å²) in [6.07, 6.45) is -9.82.